The standard InChI is InChI=1S/C15H17F2NO3S/c1-2-21-14(20)6-5-13(19)18-7-8-22-15(18)11-4-3-10(16)9-12(11)17/h3-4,9,15H,2,5-8H2,1H3/t15-/m0/s1. The molecule has 0 spiro atoms. The second-order valence-corrected chi connectivity index (χ2v) is 5.97. The van der Waals surface area contributed by atoms with Gasteiger partial charge in [-0.05, 0) is 13.0 Å². The first-order valence-electron chi connectivity index (χ1n) is 7.04. The van der Waals surface area contributed by atoms with E-state index in [1.54, 1.807) is 6.92 Å². The molecule has 1 aromatic carbocycles. The Bertz CT molecular complexity index is 568. The van der Waals surface area contributed by atoms with Crippen LogP contribution in [0, 0.1) is 11.6 Å². The highest BCUT2D eigenvalue weighted by Gasteiger charge is 2.32. The summed E-state index contributed by atoms with van der Waals surface area (Å²) >= 11 is 1.42. The van der Waals surface area contributed by atoms with Gasteiger partial charge in [0.05, 0.1) is 13.0 Å². The summed E-state index contributed by atoms with van der Waals surface area (Å²) in [7, 11) is 0. The topological polar surface area (TPSA) is 46.6 Å². The summed E-state index contributed by atoms with van der Waals surface area (Å²) < 4.78 is 31.7. The average Bonchev–Trinajstić information content (AvgIpc) is 2.94. The maximum absolute atomic E-state index is 13.9. The van der Waals surface area contributed by atoms with Crippen molar-refractivity contribution in [2.24, 2.45) is 0 Å². The minimum absolute atomic E-state index is 0.00641. The van der Waals surface area contributed by atoms with E-state index < -0.39 is 23.0 Å². The van der Waals surface area contributed by atoms with Crippen LogP contribution in [0.25, 0.3) is 0 Å². The Morgan fingerprint density at radius 2 is 2.14 bits per heavy atom. The first-order chi connectivity index (χ1) is 10.5. The van der Waals surface area contributed by atoms with E-state index in [1.807, 2.05) is 0 Å². The Hall–Kier alpha value is -1.63. The molecule has 0 N–H and O–H groups in total. The molecule has 1 fully saturated rings. The molecule has 1 atom stereocenters. The van der Waals surface area contributed by atoms with Crippen molar-refractivity contribution in [3.8, 4) is 0 Å². The summed E-state index contributed by atoms with van der Waals surface area (Å²) in [5, 5.41) is -0.477. The number of esters is 1. The van der Waals surface area contributed by atoms with Gasteiger partial charge in [0.2, 0.25) is 5.91 Å². The normalized spacial score (nSPS) is 17.6. The van der Waals surface area contributed by atoms with Crippen molar-refractivity contribution in [2.75, 3.05) is 18.9 Å². The van der Waals surface area contributed by atoms with Crippen molar-refractivity contribution in [3.05, 3.63) is 35.4 Å². The Balaban J connectivity index is 2.03. The van der Waals surface area contributed by atoms with E-state index in [1.165, 1.54) is 28.8 Å². The minimum Gasteiger partial charge on any atom is -0.466 e. The third kappa shape index (κ3) is 3.97. The van der Waals surface area contributed by atoms with Crippen molar-refractivity contribution < 1.29 is 23.1 Å². The Morgan fingerprint density at radius 1 is 1.36 bits per heavy atom. The van der Waals surface area contributed by atoms with Crippen LogP contribution in [0.5, 0.6) is 0 Å². The second kappa shape index (κ2) is 7.58. The predicted octanol–water partition coefficient (Wildman–Crippen LogP) is 2.88. The number of thioether (sulfide) groups is 1. The quantitative estimate of drug-likeness (QED) is 0.779. The fourth-order valence-corrected chi connectivity index (χ4v) is 3.57. The molecule has 22 heavy (non-hydrogen) atoms. The van der Waals surface area contributed by atoms with Gasteiger partial charge in [-0.15, -0.1) is 11.8 Å². The van der Waals surface area contributed by atoms with Gasteiger partial charge in [0.25, 0.3) is 0 Å². The third-order valence-electron chi connectivity index (χ3n) is 3.29. The molecule has 0 aromatic heterocycles. The maximum atomic E-state index is 13.9. The molecule has 2 rings (SSSR count). The summed E-state index contributed by atoms with van der Waals surface area (Å²) in [6, 6.07) is 3.35. The molecule has 0 saturated carbocycles. The van der Waals surface area contributed by atoms with E-state index in [0.717, 1.165) is 6.07 Å². The number of benzene rings is 1. The van der Waals surface area contributed by atoms with E-state index in [0.29, 0.717) is 12.3 Å². The summed E-state index contributed by atoms with van der Waals surface area (Å²) in [5.41, 5.74) is 0.286. The van der Waals surface area contributed by atoms with E-state index in [4.69, 9.17) is 4.74 Å². The average molecular weight is 329 g/mol. The zero-order chi connectivity index (χ0) is 16.1. The number of hydrogen-bond acceptors (Lipinski definition) is 4. The van der Waals surface area contributed by atoms with Crippen LogP contribution >= 0.6 is 11.8 Å². The lowest BCUT2D eigenvalue weighted by atomic mass is 10.1. The molecule has 0 unspecified atom stereocenters. The molecule has 4 nitrogen and oxygen atoms in total. The predicted molar refractivity (Wildman–Crippen MR) is 79.1 cm³/mol. The molecule has 0 aliphatic carbocycles. The van der Waals surface area contributed by atoms with E-state index in [9.17, 15) is 18.4 Å². The molecular weight excluding hydrogens is 312 g/mol. The molecule has 1 heterocycles. The Kier molecular flexibility index (Phi) is 5.76. The van der Waals surface area contributed by atoms with E-state index in [2.05, 4.69) is 0 Å². The van der Waals surface area contributed by atoms with Crippen LogP contribution in [0.4, 0.5) is 8.78 Å². The molecule has 7 heteroatoms. The smallest absolute Gasteiger partial charge is 0.306 e. The van der Waals surface area contributed by atoms with E-state index >= 15 is 0 Å². The molecule has 1 amide bonds. The zero-order valence-corrected chi connectivity index (χ0v) is 13.0. The number of carbonyl (C=O) groups excluding carboxylic acids is 2. The lowest BCUT2D eigenvalue weighted by molar-refractivity contribution is -0.145. The largest absolute Gasteiger partial charge is 0.466 e. The molecule has 0 radical (unpaired) electrons. The van der Waals surface area contributed by atoms with Crippen molar-refractivity contribution in [1.82, 2.24) is 4.90 Å². The van der Waals surface area contributed by atoms with Gasteiger partial charge in [0.15, 0.2) is 0 Å². The summed E-state index contributed by atoms with van der Waals surface area (Å²) in [6.07, 6.45) is 0.0329. The van der Waals surface area contributed by atoms with Crippen molar-refractivity contribution in [3.63, 3.8) is 0 Å². The fourth-order valence-electron chi connectivity index (χ4n) is 2.27. The van der Waals surface area contributed by atoms with Crippen molar-refractivity contribution in [1.29, 1.82) is 0 Å². The maximum Gasteiger partial charge on any atom is 0.306 e. The third-order valence-corrected chi connectivity index (χ3v) is 4.53. The first kappa shape index (κ1) is 16.7. The monoisotopic (exact) mass is 329 g/mol. The van der Waals surface area contributed by atoms with Gasteiger partial charge in [-0.1, -0.05) is 6.07 Å². The van der Waals surface area contributed by atoms with Gasteiger partial charge in [0, 0.05) is 30.3 Å². The summed E-state index contributed by atoms with van der Waals surface area (Å²) in [4.78, 5) is 25.1. The lowest BCUT2D eigenvalue weighted by Gasteiger charge is -2.24. The Labute approximate surface area is 131 Å². The van der Waals surface area contributed by atoms with Gasteiger partial charge in [-0.3, -0.25) is 9.59 Å². The van der Waals surface area contributed by atoms with Crippen LogP contribution in [0.2, 0.25) is 0 Å². The Morgan fingerprint density at radius 3 is 2.82 bits per heavy atom. The highest BCUT2D eigenvalue weighted by Crippen LogP contribution is 2.39. The number of halogens is 2. The highest BCUT2D eigenvalue weighted by molar-refractivity contribution is 7.99. The minimum atomic E-state index is -0.664. The van der Waals surface area contributed by atoms with Crippen LogP contribution in [-0.4, -0.2) is 35.7 Å². The van der Waals surface area contributed by atoms with Crippen molar-refractivity contribution in [2.45, 2.75) is 25.1 Å². The van der Waals surface area contributed by atoms with Crippen molar-refractivity contribution >= 4 is 23.6 Å². The number of rotatable bonds is 5. The van der Waals surface area contributed by atoms with Gasteiger partial charge < -0.3 is 9.64 Å². The van der Waals surface area contributed by atoms with Crippen LogP contribution in [-0.2, 0) is 14.3 Å². The number of carbonyl (C=O) groups is 2. The molecule has 1 aliphatic rings. The molecular formula is C15H17F2NO3S. The van der Waals surface area contributed by atoms with Gasteiger partial charge in [-0.2, -0.15) is 0 Å². The number of nitrogens with zero attached hydrogens (tertiary/aromatic N) is 1. The first-order valence-corrected chi connectivity index (χ1v) is 8.09. The van der Waals surface area contributed by atoms with Gasteiger partial charge in [-0.25, -0.2) is 8.78 Å². The fraction of sp³-hybridized carbons (Fsp3) is 0.467. The molecule has 120 valence electrons. The molecule has 1 aliphatic heterocycles. The lowest BCUT2D eigenvalue weighted by Crippen LogP contribution is -2.31. The molecule has 0 bridgehead atoms. The summed E-state index contributed by atoms with van der Waals surface area (Å²) in [5.74, 6) is -1.29. The molecule has 1 saturated heterocycles. The molecule has 1 aromatic rings. The number of ether oxygens (including phenoxy) is 1. The van der Waals surface area contributed by atoms with Gasteiger partial charge in [0.1, 0.15) is 17.0 Å². The number of amides is 1. The van der Waals surface area contributed by atoms with E-state index in [-0.39, 0.29) is 30.9 Å². The number of hydrogen-bond donors (Lipinski definition) is 0. The highest BCUT2D eigenvalue weighted by atomic mass is 32.2. The second-order valence-electron chi connectivity index (χ2n) is 4.78. The van der Waals surface area contributed by atoms with Crippen LogP contribution in [0.15, 0.2) is 18.2 Å². The van der Waals surface area contributed by atoms with Crippen LogP contribution in [0.1, 0.15) is 30.7 Å². The zero-order valence-electron chi connectivity index (χ0n) is 12.2. The SMILES string of the molecule is CCOC(=O)CCC(=O)N1CCS[C@H]1c1ccc(F)cc1F. The van der Waals surface area contributed by atoms with Crippen LogP contribution < -0.4 is 0 Å². The summed E-state index contributed by atoms with van der Waals surface area (Å²) in [6.45, 7) is 2.45. The van der Waals surface area contributed by atoms with Gasteiger partial charge >= 0.3 is 5.97 Å². The van der Waals surface area contributed by atoms with Crippen LogP contribution in [0.3, 0.4) is 0 Å².